The maximum Gasteiger partial charge on any atom is 0.341 e. The van der Waals surface area contributed by atoms with E-state index < -0.39 is 0 Å². The number of likely N-dealkylation sites (N-methyl/N-ethyl adjacent to an activating group) is 1. The first-order chi connectivity index (χ1) is 13.5. The summed E-state index contributed by atoms with van der Waals surface area (Å²) in [6.45, 7) is 5.31. The van der Waals surface area contributed by atoms with Crippen molar-refractivity contribution in [2.75, 3.05) is 25.5 Å². The normalized spacial score (nSPS) is 15.9. The molecule has 5 nitrogen and oxygen atoms in total. The number of carbonyl (C=O) groups is 2. The number of hydrogen-bond donors (Lipinski definition) is 1. The summed E-state index contributed by atoms with van der Waals surface area (Å²) in [5.41, 5.74) is 2.79. The lowest BCUT2D eigenvalue weighted by Crippen LogP contribution is -2.30. The standard InChI is InChI=1S/C22H28N2O3S/c1-4-27-22(26)20-17-11-10-15(2)12-18(17)28-21(20)23-19(25)14-24(3)13-16-8-6-5-7-9-16/h5-9,15H,4,10-14H2,1-3H3,(H,23,25)/t15-/m1/s1. The number of benzene rings is 1. The van der Waals surface area contributed by atoms with Crippen LogP contribution in [0.25, 0.3) is 0 Å². The van der Waals surface area contributed by atoms with Crippen LogP contribution in [0.3, 0.4) is 0 Å². The number of thiophene rings is 1. The van der Waals surface area contributed by atoms with E-state index in [1.54, 1.807) is 6.92 Å². The molecule has 0 radical (unpaired) electrons. The molecular weight excluding hydrogens is 372 g/mol. The average molecular weight is 401 g/mol. The second kappa shape index (κ2) is 9.34. The highest BCUT2D eigenvalue weighted by atomic mass is 32.1. The smallest absolute Gasteiger partial charge is 0.341 e. The van der Waals surface area contributed by atoms with Crippen molar-refractivity contribution in [2.24, 2.45) is 5.92 Å². The van der Waals surface area contributed by atoms with Crippen LogP contribution in [0, 0.1) is 5.92 Å². The molecule has 6 heteroatoms. The summed E-state index contributed by atoms with van der Waals surface area (Å²) < 4.78 is 5.27. The van der Waals surface area contributed by atoms with Crippen LogP contribution < -0.4 is 5.32 Å². The molecule has 2 aromatic rings. The van der Waals surface area contributed by atoms with Crippen LogP contribution in [-0.2, 0) is 28.9 Å². The van der Waals surface area contributed by atoms with E-state index >= 15 is 0 Å². The third-order valence-corrected chi connectivity index (χ3v) is 6.12. The topological polar surface area (TPSA) is 58.6 Å². The number of nitrogens with zero attached hydrogens (tertiary/aromatic N) is 1. The fraction of sp³-hybridized carbons (Fsp3) is 0.455. The monoisotopic (exact) mass is 400 g/mol. The number of amides is 1. The fourth-order valence-corrected chi connectivity index (χ4v) is 5.04. The van der Waals surface area contributed by atoms with Crippen LogP contribution in [0.2, 0.25) is 0 Å². The highest BCUT2D eigenvalue weighted by Crippen LogP contribution is 2.40. The molecule has 0 unspecified atom stereocenters. The lowest BCUT2D eigenvalue weighted by atomic mass is 9.88. The minimum absolute atomic E-state index is 0.115. The van der Waals surface area contributed by atoms with Gasteiger partial charge < -0.3 is 10.1 Å². The van der Waals surface area contributed by atoms with Crippen molar-refractivity contribution >= 4 is 28.2 Å². The minimum atomic E-state index is -0.331. The van der Waals surface area contributed by atoms with Gasteiger partial charge in [-0.3, -0.25) is 9.69 Å². The Hall–Kier alpha value is -2.18. The zero-order valence-corrected chi connectivity index (χ0v) is 17.6. The summed E-state index contributed by atoms with van der Waals surface area (Å²) in [5, 5.41) is 3.61. The number of anilines is 1. The van der Waals surface area contributed by atoms with Gasteiger partial charge in [0.25, 0.3) is 0 Å². The Labute approximate surface area is 170 Å². The van der Waals surface area contributed by atoms with Crippen LogP contribution in [0.1, 0.15) is 46.6 Å². The van der Waals surface area contributed by atoms with Crippen molar-refractivity contribution < 1.29 is 14.3 Å². The summed E-state index contributed by atoms with van der Waals surface area (Å²) in [5.74, 6) is 0.153. The molecule has 0 saturated heterocycles. The van der Waals surface area contributed by atoms with Gasteiger partial charge in [0.1, 0.15) is 5.00 Å². The predicted molar refractivity (Wildman–Crippen MR) is 113 cm³/mol. The Morgan fingerprint density at radius 1 is 1.29 bits per heavy atom. The summed E-state index contributed by atoms with van der Waals surface area (Å²) >= 11 is 1.53. The number of carbonyl (C=O) groups excluding carboxylic acids is 2. The van der Waals surface area contributed by atoms with Crippen LogP contribution in [0.5, 0.6) is 0 Å². The van der Waals surface area contributed by atoms with Crippen molar-refractivity contribution in [1.82, 2.24) is 4.90 Å². The maximum atomic E-state index is 12.6. The van der Waals surface area contributed by atoms with Gasteiger partial charge in [-0.05, 0) is 50.3 Å². The quantitative estimate of drug-likeness (QED) is 0.711. The molecule has 0 saturated carbocycles. The average Bonchev–Trinajstić information content (AvgIpc) is 2.99. The fourth-order valence-electron chi connectivity index (χ4n) is 3.62. The number of esters is 1. The number of rotatable bonds is 7. The Morgan fingerprint density at radius 3 is 2.75 bits per heavy atom. The van der Waals surface area contributed by atoms with Crippen LogP contribution in [0.15, 0.2) is 30.3 Å². The number of hydrogen-bond acceptors (Lipinski definition) is 5. The largest absolute Gasteiger partial charge is 0.462 e. The van der Waals surface area contributed by atoms with Gasteiger partial charge in [0.05, 0.1) is 18.7 Å². The molecule has 0 fully saturated rings. The van der Waals surface area contributed by atoms with E-state index in [-0.39, 0.29) is 18.4 Å². The second-order valence-corrected chi connectivity index (χ2v) is 8.59. The highest BCUT2D eigenvalue weighted by Gasteiger charge is 2.29. The van der Waals surface area contributed by atoms with Gasteiger partial charge >= 0.3 is 5.97 Å². The van der Waals surface area contributed by atoms with Gasteiger partial charge in [0.15, 0.2) is 0 Å². The first-order valence-corrected chi connectivity index (χ1v) is 10.6. The van der Waals surface area contributed by atoms with Gasteiger partial charge in [-0.2, -0.15) is 0 Å². The predicted octanol–water partition coefficient (Wildman–Crippen LogP) is 4.12. The van der Waals surface area contributed by atoms with E-state index in [4.69, 9.17) is 4.74 Å². The van der Waals surface area contributed by atoms with Crippen molar-refractivity contribution in [3.63, 3.8) is 0 Å². The van der Waals surface area contributed by atoms with Gasteiger partial charge in [0.2, 0.25) is 5.91 Å². The maximum absolute atomic E-state index is 12.6. The van der Waals surface area contributed by atoms with Crippen LogP contribution in [0.4, 0.5) is 5.00 Å². The Bertz CT molecular complexity index is 832. The Balaban J connectivity index is 1.71. The molecule has 1 atom stereocenters. The van der Waals surface area contributed by atoms with E-state index in [0.717, 1.165) is 30.4 Å². The molecule has 1 aromatic heterocycles. The summed E-state index contributed by atoms with van der Waals surface area (Å²) in [6, 6.07) is 10.0. The molecule has 0 spiro atoms. The molecule has 1 amide bonds. The SMILES string of the molecule is CCOC(=O)c1c(NC(=O)CN(C)Cc2ccccc2)sc2c1CC[C@@H](C)C2. The van der Waals surface area contributed by atoms with E-state index in [1.807, 2.05) is 42.3 Å². The third-order valence-electron chi connectivity index (χ3n) is 4.95. The molecule has 1 aliphatic rings. The molecule has 150 valence electrons. The van der Waals surface area contributed by atoms with Crippen molar-refractivity contribution in [1.29, 1.82) is 0 Å². The van der Waals surface area contributed by atoms with Gasteiger partial charge in [-0.1, -0.05) is 37.3 Å². The molecule has 3 rings (SSSR count). The van der Waals surface area contributed by atoms with Crippen LogP contribution in [-0.4, -0.2) is 37.0 Å². The Morgan fingerprint density at radius 2 is 2.04 bits per heavy atom. The molecule has 0 bridgehead atoms. The van der Waals surface area contributed by atoms with E-state index in [1.165, 1.54) is 16.2 Å². The lowest BCUT2D eigenvalue weighted by Gasteiger charge is -2.18. The molecule has 1 heterocycles. The van der Waals surface area contributed by atoms with Gasteiger partial charge in [0, 0.05) is 11.4 Å². The summed E-state index contributed by atoms with van der Waals surface area (Å²) in [7, 11) is 1.92. The molecule has 1 aromatic carbocycles. The van der Waals surface area contributed by atoms with Gasteiger partial charge in [-0.15, -0.1) is 11.3 Å². The number of nitrogens with one attached hydrogen (secondary N) is 1. The zero-order chi connectivity index (χ0) is 20.1. The highest BCUT2D eigenvalue weighted by molar-refractivity contribution is 7.17. The molecule has 1 aliphatic carbocycles. The lowest BCUT2D eigenvalue weighted by molar-refractivity contribution is -0.117. The molecule has 1 N–H and O–H groups in total. The third kappa shape index (κ3) is 5.00. The number of ether oxygens (including phenoxy) is 1. The van der Waals surface area contributed by atoms with Gasteiger partial charge in [-0.25, -0.2) is 4.79 Å². The van der Waals surface area contributed by atoms with Crippen LogP contribution >= 0.6 is 11.3 Å². The van der Waals surface area contributed by atoms with Crippen molar-refractivity contribution in [3.05, 3.63) is 51.9 Å². The summed E-state index contributed by atoms with van der Waals surface area (Å²) in [6.07, 6.45) is 2.88. The van der Waals surface area contributed by atoms with Crippen molar-refractivity contribution in [3.8, 4) is 0 Å². The molecular formula is C22H28N2O3S. The molecule has 0 aliphatic heterocycles. The zero-order valence-electron chi connectivity index (χ0n) is 16.8. The second-order valence-electron chi connectivity index (χ2n) is 7.48. The van der Waals surface area contributed by atoms with E-state index in [2.05, 4.69) is 12.2 Å². The molecule has 28 heavy (non-hydrogen) atoms. The number of fused-ring (bicyclic) bond motifs is 1. The first-order valence-electron chi connectivity index (χ1n) is 9.81. The van der Waals surface area contributed by atoms with E-state index in [0.29, 0.717) is 29.6 Å². The summed E-state index contributed by atoms with van der Waals surface area (Å²) in [4.78, 5) is 28.3. The van der Waals surface area contributed by atoms with E-state index in [9.17, 15) is 9.59 Å². The minimum Gasteiger partial charge on any atom is -0.462 e. The van der Waals surface area contributed by atoms with Crippen molar-refractivity contribution in [2.45, 2.75) is 39.7 Å². The first kappa shape index (κ1) is 20.6. The Kier molecular flexibility index (Phi) is 6.86.